The molecule has 0 saturated carbocycles. The fraction of sp³-hybridized carbons (Fsp3) is 0.273. The molecule has 0 aliphatic carbocycles. The fourth-order valence-electron chi connectivity index (χ4n) is 1.19. The highest BCUT2D eigenvalue weighted by atomic mass is 79.9. The third-order valence-electron chi connectivity index (χ3n) is 2.01. The molecule has 0 saturated heterocycles. The van der Waals surface area contributed by atoms with Crippen LogP contribution in [-0.2, 0) is 11.2 Å². The molecule has 6 heteroatoms. The monoisotopic (exact) mass is 300 g/mol. The number of amides is 2. The number of benzene rings is 1. The van der Waals surface area contributed by atoms with Gasteiger partial charge in [-0.1, -0.05) is 28.1 Å². The van der Waals surface area contributed by atoms with Gasteiger partial charge in [-0.2, -0.15) is 0 Å². The molecule has 0 bridgehead atoms. The van der Waals surface area contributed by atoms with Gasteiger partial charge >= 0.3 is 12.0 Å². The maximum Gasteiger partial charge on any atom is 0.323 e. The van der Waals surface area contributed by atoms with E-state index in [4.69, 9.17) is 5.11 Å². The average molecular weight is 301 g/mol. The summed E-state index contributed by atoms with van der Waals surface area (Å²) in [6.45, 7) is 0.0944. The summed E-state index contributed by atoms with van der Waals surface area (Å²) in [6, 6.07) is 7.31. The van der Waals surface area contributed by atoms with Crippen molar-refractivity contribution in [3.05, 3.63) is 34.3 Å². The molecule has 17 heavy (non-hydrogen) atoms. The van der Waals surface area contributed by atoms with E-state index >= 15 is 0 Å². The highest BCUT2D eigenvalue weighted by Gasteiger charge is 2.02. The van der Waals surface area contributed by atoms with Gasteiger partial charge in [0.2, 0.25) is 0 Å². The predicted octanol–water partition coefficient (Wildman–Crippen LogP) is 1.38. The first-order chi connectivity index (χ1) is 8.08. The lowest BCUT2D eigenvalue weighted by Crippen LogP contribution is -2.39. The number of hydrogen-bond acceptors (Lipinski definition) is 2. The number of aliphatic carboxylic acids is 1. The molecular weight excluding hydrogens is 288 g/mol. The molecule has 1 rings (SSSR count). The van der Waals surface area contributed by atoms with Crippen LogP contribution in [-0.4, -0.2) is 30.2 Å². The zero-order valence-electron chi connectivity index (χ0n) is 9.07. The van der Waals surface area contributed by atoms with Crippen molar-refractivity contribution in [3.8, 4) is 0 Å². The number of nitrogens with one attached hydrogen (secondary N) is 2. The number of urea groups is 1. The second-order valence-electron chi connectivity index (χ2n) is 3.38. The first-order valence-corrected chi connectivity index (χ1v) is 5.85. The van der Waals surface area contributed by atoms with E-state index in [1.165, 1.54) is 0 Å². The van der Waals surface area contributed by atoms with Crippen molar-refractivity contribution in [2.45, 2.75) is 6.42 Å². The molecular formula is C11H13BrN2O3. The zero-order chi connectivity index (χ0) is 12.7. The summed E-state index contributed by atoms with van der Waals surface area (Å²) in [6.07, 6.45) is 0.702. The third-order valence-corrected chi connectivity index (χ3v) is 2.54. The summed E-state index contributed by atoms with van der Waals surface area (Å²) in [4.78, 5) is 21.3. The first-order valence-electron chi connectivity index (χ1n) is 5.06. The van der Waals surface area contributed by atoms with Crippen molar-refractivity contribution in [1.29, 1.82) is 0 Å². The van der Waals surface area contributed by atoms with Gasteiger partial charge in [0, 0.05) is 11.0 Å². The number of carbonyl (C=O) groups excluding carboxylic acids is 1. The molecule has 1 aromatic carbocycles. The number of halogens is 1. The second kappa shape index (κ2) is 6.90. The van der Waals surface area contributed by atoms with Crippen LogP contribution in [0.15, 0.2) is 28.7 Å². The van der Waals surface area contributed by atoms with Crippen LogP contribution in [0.2, 0.25) is 0 Å². The molecule has 0 aliphatic rings. The van der Waals surface area contributed by atoms with Crippen LogP contribution >= 0.6 is 15.9 Å². The van der Waals surface area contributed by atoms with Crippen molar-refractivity contribution >= 4 is 27.9 Å². The summed E-state index contributed by atoms with van der Waals surface area (Å²) in [7, 11) is 0. The molecule has 0 heterocycles. The lowest BCUT2D eigenvalue weighted by molar-refractivity contribution is -0.135. The highest BCUT2D eigenvalue weighted by molar-refractivity contribution is 9.10. The molecule has 0 aromatic heterocycles. The van der Waals surface area contributed by atoms with E-state index in [-0.39, 0.29) is 6.54 Å². The molecule has 0 aliphatic heterocycles. The average Bonchev–Trinajstić information content (AvgIpc) is 2.29. The lowest BCUT2D eigenvalue weighted by Gasteiger charge is -2.05. The lowest BCUT2D eigenvalue weighted by atomic mass is 10.1. The Balaban J connectivity index is 2.21. The first kappa shape index (κ1) is 13.5. The van der Waals surface area contributed by atoms with Gasteiger partial charge in [0.1, 0.15) is 6.54 Å². The smallest absolute Gasteiger partial charge is 0.323 e. The highest BCUT2D eigenvalue weighted by Crippen LogP contribution is 2.10. The molecule has 2 amide bonds. The van der Waals surface area contributed by atoms with Gasteiger partial charge in [0.25, 0.3) is 0 Å². The Labute approximate surface area is 107 Å². The van der Waals surface area contributed by atoms with Crippen molar-refractivity contribution < 1.29 is 14.7 Å². The van der Waals surface area contributed by atoms with Crippen molar-refractivity contribution in [1.82, 2.24) is 10.6 Å². The standard InChI is InChI=1S/C11H13BrN2O3/c12-9-3-1-8(2-4-9)5-6-13-11(17)14-7-10(15)16/h1-4H,5-7H2,(H,15,16)(H2,13,14,17). The minimum absolute atomic E-state index is 0.371. The fourth-order valence-corrected chi connectivity index (χ4v) is 1.45. The summed E-state index contributed by atoms with van der Waals surface area (Å²) >= 11 is 3.34. The number of carboxylic acid groups (broad SMARTS) is 1. The van der Waals surface area contributed by atoms with Gasteiger partial charge in [-0.15, -0.1) is 0 Å². The summed E-state index contributed by atoms with van der Waals surface area (Å²) in [5.74, 6) is -1.06. The van der Waals surface area contributed by atoms with Crippen molar-refractivity contribution in [3.63, 3.8) is 0 Å². The number of rotatable bonds is 5. The minimum Gasteiger partial charge on any atom is -0.480 e. The van der Waals surface area contributed by atoms with E-state index in [1.807, 2.05) is 24.3 Å². The van der Waals surface area contributed by atoms with Crippen LogP contribution in [0.5, 0.6) is 0 Å². The van der Waals surface area contributed by atoms with Gasteiger partial charge < -0.3 is 15.7 Å². The van der Waals surface area contributed by atoms with Crippen LogP contribution in [0.1, 0.15) is 5.56 Å². The third kappa shape index (κ3) is 5.91. The van der Waals surface area contributed by atoms with Gasteiger partial charge in [0.05, 0.1) is 0 Å². The van der Waals surface area contributed by atoms with Gasteiger partial charge in [-0.3, -0.25) is 4.79 Å². The zero-order valence-corrected chi connectivity index (χ0v) is 10.7. The largest absolute Gasteiger partial charge is 0.480 e. The van der Waals surface area contributed by atoms with Gasteiger partial charge in [0.15, 0.2) is 0 Å². The number of carboxylic acids is 1. The van der Waals surface area contributed by atoms with E-state index in [0.717, 1.165) is 10.0 Å². The van der Waals surface area contributed by atoms with Crippen LogP contribution in [0.3, 0.4) is 0 Å². The van der Waals surface area contributed by atoms with Gasteiger partial charge in [-0.05, 0) is 24.1 Å². The summed E-state index contributed by atoms with van der Waals surface area (Å²) in [5.41, 5.74) is 1.10. The second-order valence-corrected chi connectivity index (χ2v) is 4.30. The van der Waals surface area contributed by atoms with Crippen LogP contribution in [0.4, 0.5) is 4.79 Å². The Morgan fingerprint density at radius 3 is 2.41 bits per heavy atom. The summed E-state index contributed by atoms with van der Waals surface area (Å²) < 4.78 is 1.01. The minimum atomic E-state index is -1.06. The predicted molar refractivity (Wildman–Crippen MR) is 66.9 cm³/mol. The normalized spacial score (nSPS) is 9.71. The van der Waals surface area contributed by atoms with Crippen LogP contribution < -0.4 is 10.6 Å². The Hall–Kier alpha value is -1.56. The molecule has 0 unspecified atom stereocenters. The maximum atomic E-state index is 11.1. The summed E-state index contributed by atoms with van der Waals surface area (Å²) in [5, 5.41) is 13.1. The SMILES string of the molecule is O=C(O)CNC(=O)NCCc1ccc(Br)cc1. The van der Waals surface area contributed by atoms with Gasteiger partial charge in [-0.25, -0.2) is 4.79 Å². The Bertz CT molecular complexity index is 392. The van der Waals surface area contributed by atoms with Crippen LogP contribution in [0, 0.1) is 0 Å². The van der Waals surface area contributed by atoms with Crippen molar-refractivity contribution in [2.24, 2.45) is 0 Å². The molecule has 0 atom stereocenters. The number of hydrogen-bond donors (Lipinski definition) is 3. The van der Waals surface area contributed by atoms with E-state index in [1.54, 1.807) is 0 Å². The topological polar surface area (TPSA) is 78.4 Å². The van der Waals surface area contributed by atoms with E-state index in [2.05, 4.69) is 26.6 Å². The van der Waals surface area contributed by atoms with Crippen LogP contribution in [0.25, 0.3) is 0 Å². The quantitative estimate of drug-likeness (QED) is 0.768. The Morgan fingerprint density at radius 2 is 1.82 bits per heavy atom. The van der Waals surface area contributed by atoms with E-state index < -0.39 is 12.0 Å². The van der Waals surface area contributed by atoms with Crippen molar-refractivity contribution in [2.75, 3.05) is 13.1 Å². The van der Waals surface area contributed by atoms with E-state index in [0.29, 0.717) is 13.0 Å². The molecule has 0 radical (unpaired) electrons. The Kier molecular flexibility index (Phi) is 5.48. The molecule has 92 valence electrons. The maximum absolute atomic E-state index is 11.1. The molecule has 5 nitrogen and oxygen atoms in total. The van der Waals surface area contributed by atoms with E-state index in [9.17, 15) is 9.59 Å². The molecule has 0 spiro atoms. The Morgan fingerprint density at radius 1 is 1.18 bits per heavy atom. The molecule has 1 aromatic rings. The molecule has 3 N–H and O–H groups in total. The number of carbonyl (C=O) groups is 2. The molecule has 0 fully saturated rings.